The second kappa shape index (κ2) is 9.01. The molecule has 0 bridgehead atoms. The summed E-state index contributed by atoms with van der Waals surface area (Å²) >= 11 is 1.77. The molecule has 1 aliphatic rings. The summed E-state index contributed by atoms with van der Waals surface area (Å²) in [6, 6.07) is 13.2. The number of halogens is 2. The van der Waals surface area contributed by atoms with E-state index in [9.17, 15) is 18.7 Å². The third kappa shape index (κ3) is 5.80. The summed E-state index contributed by atoms with van der Waals surface area (Å²) in [5.41, 5.74) is 1.65. The van der Waals surface area contributed by atoms with Crippen molar-refractivity contribution >= 4 is 40.8 Å². The summed E-state index contributed by atoms with van der Waals surface area (Å²) in [6.45, 7) is 0. The predicted molar refractivity (Wildman–Crippen MR) is 105 cm³/mol. The zero-order valence-corrected chi connectivity index (χ0v) is 15.5. The first-order valence-corrected chi connectivity index (χ1v) is 9.67. The Balaban J connectivity index is 1.57. The van der Waals surface area contributed by atoms with Gasteiger partial charge in [-0.2, -0.15) is 13.9 Å². The van der Waals surface area contributed by atoms with Crippen molar-refractivity contribution in [3.05, 3.63) is 59.7 Å². The van der Waals surface area contributed by atoms with E-state index in [2.05, 4.69) is 15.5 Å². The lowest BCUT2D eigenvalue weighted by atomic mass is 10.1. The number of nitrogens with one attached hydrogen (secondary N) is 1. The summed E-state index contributed by atoms with van der Waals surface area (Å²) in [7, 11) is 0. The number of aromatic hydroxyl groups is 1. The second-order valence-electron chi connectivity index (χ2n) is 5.56. The molecule has 140 valence electrons. The minimum Gasteiger partial charge on any atom is -0.508 e. The molecule has 3 rings (SSSR count). The van der Waals surface area contributed by atoms with Crippen molar-refractivity contribution in [1.82, 2.24) is 5.32 Å². The van der Waals surface area contributed by atoms with Gasteiger partial charge < -0.3 is 10.4 Å². The van der Waals surface area contributed by atoms with Crippen molar-refractivity contribution in [2.24, 2.45) is 10.2 Å². The van der Waals surface area contributed by atoms with Crippen LogP contribution in [0.15, 0.2) is 63.6 Å². The van der Waals surface area contributed by atoms with Crippen LogP contribution < -0.4 is 5.32 Å². The highest BCUT2D eigenvalue weighted by atomic mass is 32.2. The van der Waals surface area contributed by atoms with Gasteiger partial charge in [0.2, 0.25) is 5.91 Å². The van der Waals surface area contributed by atoms with Gasteiger partial charge in [-0.1, -0.05) is 35.7 Å². The standard InChI is InChI=1S/C18H15F2N3O2S2/c19-17(20)26-14-7-3-11(4-8-14)9-15-16(25)22-18(27-15)23-21-10-12-1-5-13(24)6-2-12/h1-8,10,15,17,24H,9H2,(H,22,23,25)/b21-10+/t15-/m1/s1. The molecule has 1 aliphatic heterocycles. The Bertz CT molecular complexity index is 856. The number of phenols is 1. The number of hydrogen-bond donors (Lipinski definition) is 2. The molecular formula is C18H15F2N3O2S2. The largest absolute Gasteiger partial charge is 0.508 e. The molecule has 2 N–H and O–H groups in total. The van der Waals surface area contributed by atoms with E-state index in [1.165, 1.54) is 18.0 Å². The van der Waals surface area contributed by atoms with Gasteiger partial charge in [-0.3, -0.25) is 4.79 Å². The van der Waals surface area contributed by atoms with Crippen molar-refractivity contribution in [1.29, 1.82) is 0 Å². The van der Waals surface area contributed by atoms with Gasteiger partial charge in [0.25, 0.3) is 5.76 Å². The van der Waals surface area contributed by atoms with Crippen molar-refractivity contribution in [3.63, 3.8) is 0 Å². The third-order valence-electron chi connectivity index (χ3n) is 3.59. The van der Waals surface area contributed by atoms with Gasteiger partial charge in [0, 0.05) is 4.90 Å². The molecule has 27 heavy (non-hydrogen) atoms. The summed E-state index contributed by atoms with van der Waals surface area (Å²) in [6.07, 6.45) is 1.99. The van der Waals surface area contributed by atoms with Crippen LogP contribution in [0.4, 0.5) is 8.78 Å². The maximum Gasteiger partial charge on any atom is 0.288 e. The Hall–Kier alpha value is -2.39. The van der Waals surface area contributed by atoms with Crippen LogP contribution in [0.3, 0.4) is 0 Å². The first kappa shape index (κ1) is 19.4. The van der Waals surface area contributed by atoms with E-state index in [-0.39, 0.29) is 16.9 Å². The fourth-order valence-corrected chi connectivity index (χ4v) is 3.78. The fourth-order valence-electron chi connectivity index (χ4n) is 2.32. The first-order chi connectivity index (χ1) is 13.0. The lowest BCUT2D eigenvalue weighted by Gasteiger charge is -2.06. The third-order valence-corrected chi connectivity index (χ3v) is 5.39. The molecule has 1 heterocycles. The molecular weight excluding hydrogens is 392 g/mol. The highest BCUT2D eigenvalue weighted by molar-refractivity contribution is 8.15. The SMILES string of the molecule is O=C1N/C(=N\N=C\c2ccc(O)cc2)S[C@@H]1Cc1ccc(SC(F)F)cc1. The zero-order valence-electron chi connectivity index (χ0n) is 13.9. The van der Waals surface area contributed by atoms with Gasteiger partial charge in [-0.05, 0) is 53.9 Å². The van der Waals surface area contributed by atoms with E-state index in [1.54, 1.807) is 48.5 Å². The lowest BCUT2D eigenvalue weighted by Crippen LogP contribution is -2.25. The summed E-state index contributed by atoms with van der Waals surface area (Å²) in [5, 5.41) is 19.9. The van der Waals surface area contributed by atoms with E-state index in [0.717, 1.165) is 11.1 Å². The molecule has 0 radical (unpaired) electrons. The number of carbonyl (C=O) groups excluding carboxylic acids is 1. The van der Waals surface area contributed by atoms with Crippen molar-refractivity contribution in [2.45, 2.75) is 22.3 Å². The van der Waals surface area contributed by atoms with E-state index in [0.29, 0.717) is 28.2 Å². The van der Waals surface area contributed by atoms with Gasteiger partial charge in [0.05, 0.1) is 11.5 Å². The average Bonchev–Trinajstić information content (AvgIpc) is 2.97. The van der Waals surface area contributed by atoms with Crippen LogP contribution in [-0.4, -0.2) is 33.4 Å². The molecule has 0 unspecified atom stereocenters. The van der Waals surface area contributed by atoms with E-state index >= 15 is 0 Å². The van der Waals surface area contributed by atoms with Gasteiger partial charge in [-0.15, -0.1) is 5.10 Å². The first-order valence-electron chi connectivity index (χ1n) is 7.91. The number of benzene rings is 2. The monoisotopic (exact) mass is 407 g/mol. The topological polar surface area (TPSA) is 74.0 Å². The summed E-state index contributed by atoms with van der Waals surface area (Å²) in [4.78, 5) is 12.6. The Morgan fingerprint density at radius 2 is 1.89 bits per heavy atom. The molecule has 0 saturated carbocycles. The van der Waals surface area contributed by atoms with Crippen LogP contribution in [0, 0.1) is 0 Å². The maximum atomic E-state index is 12.3. The van der Waals surface area contributed by atoms with Crippen molar-refractivity contribution in [3.8, 4) is 5.75 Å². The van der Waals surface area contributed by atoms with Crippen LogP contribution in [0.25, 0.3) is 0 Å². The zero-order chi connectivity index (χ0) is 19.2. The minimum atomic E-state index is -2.45. The molecule has 1 fully saturated rings. The van der Waals surface area contributed by atoms with Crippen LogP contribution in [0.5, 0.6) is 5.75 Å². The Labute approximate surface area is 163 Å². The van der Waals surface area contributed by atoms with Gasteiger partial charge in [-0.25, -0.2) is 0 Å². The lowest BCUT2D eigenvalue weighted by molar-refractivity contribution is -0.118. The number of hydrogen-bond acceptors (Lipinski definition) is 6. The van der Waals surface area contributed by atoms with Gasteiger partial charge in [0.15, 0.2) is 5.17 Å². The van der Waals surface area contributed by atoms with Crippen LogP contribution >= 0.6 is 23.5 Å². The van der Waals surface area contributed by atoms with E-state index in [4.69, 9.17) is 0 Å². The Kier molecular flexibility index (Phi) is 6.46. The molecule has 0 spiro atoms. The number of carbonyl (C=O) groups is 1. The minimum absolute atomic E-state index is 0.162. The molecule has 0 aliphatic carbocycles. The Morgan fingerprint density at radius 1 is 1.19 bits per heavy atom. The molecule has 1 saturated heterocycles. The predicted octanol–water partition coefficient (Wildman–Crippen LogP) is 3.87. The van der Waals surface area contributed by atoms with E-state index in [1.807, 2.05) is 0 Å². The molecule has 1 atom stereocenters. The van der Waals surface area contributed by atoms with Crippen LogP contribution in [-0.2, 0) is 11.2 Å². The molecule has 2 aromatic carbocycles. The molecule has 1 amide bonds. The average molecular weight is 407 g/mol. The normalized spacial score (nSPS) is 18.6. The second-order valence-corrected chi connectivity index (χ2v) is 7.82. The highest BCUT2D eigenvalue weighted by Gasteiger charge is 2.30. The quantitative estimate of drug-likeness (QED) is 0.433. The van der Waals surface area contributed by atoms with Gasteiger partial charge >= 0.3 is 0 Å². The number of thioether (sulfide) groups is 2. The number of amides is 1. The summed E-state index contributed by atoms with van der Waals surface area (Å²) < 4.78 is 24.7. The van der Waals surface area contributed by atoms with Crippen LogP contribution in [0.2, 0.25) is 0 Å². The molecule has 2 aromatic rings. The summed E-state index contributed by atoms with van der Waals surface area (Å²) in [5.74, 6) is -2.45. The number of phenolic OH excluding ortho intramolecular Hbond substituents is 1. The van der Waals surface area contributed by atoms with E-state index < -0.39 is 5.76 Å². The molecule has 9 heteroatoms. The smallest absolute Gasteiger partial charge is 0.288 e. The Morgan fingerprint density at radius 3 is 2.56 bits per heavy atom. The number of alkyl halides is 2. The van der Waals surface area contributed by atoms with Crippen LogP contribution in [0.1, 0.15) is 11.1 Å². The fraction of sp³-hybridized carbons (Fsp3) is 0.167. The van der Waals surface area contributed by atoms with Crippen molar-refractivity contribution < 1.29 is 18.7 Å². The number of nitrogens with zero attached hydrogens (tertiary/aromatic N) is 2. The van der Waals surface area contributed by atoms with Gasteiger partial charge in [0.1, 0.15) is 5.75 Å². The number of rotatable bonds is 6. The molecule has 0 aromatic heterocycles. The maximum absolute atomic E-state index is 12.3. The number of amidine groups is 1. The highest BCUT2D eigenvalue weighted by Crippen LogP contribution is 2.27. The molecule has 5 nitrogen and oxygen atoms in total. The van der Waals surface area contributed by atoms with Crippen molar-refractivity contribution in [2.75, 3.05) is 0 Å².